The van der Waals surface area contributed by atoms with E-state index in [0.717, 1.165) is 6.42 Å². The summed E-state index contributed by atoms with van der Waals surface area (Å²) in [7, 11) is 0. The van der Waals surface area contributed by atoms with Gasteiger partial charge in [-0.25, -0.2) is 0 Å². The minimum absolute atomic E-state index is 0.0647. The highest BCUT2D eigenvalue weighted by Crippen LogP contribution is 2.26. The Balaban J connectivity index is 2.78. The van der Waals surface area contributed by atoms with Gasteiger partial charge in [-0.1, -0.05) is 46.8 Å². The maximum atomic E-state index is 12.3. The fraction of sp³-hybridized carbons (Fsp3) is 0.524. The molecule has 136 valence electrons. The molecule has 1 aromatic rings. The molecule has 1 aromatic carbocycles. The molecule has 2 N–H and O–H groups in total. The molecular weight excluding hydrogens is 310 g/mol. The number of benzene rings is 1. The number of nitrogens with one attached hydrogen (secondary N) is 2. The molecule has 1 rings (SSSR count). The van der Waals surface area contributed by atoms with Crippen LogP contribution in [0.2, 0.25) is 0 Å². The average molecular weight is 341 g/mol. The fourth-order valence-corrected chi connectivity index (χ4v) is 2.94. The number of hydrogen-bond acceptors (Lipinski definition) is 3. The van der Waals surface area contributed by atoms with Gasteiger partial charge < -0.3 is 10.6 Å². The maximum Gasteiger partial charge on any atom is 0.267 e. The smallest absolute Gasteiger partial charge is 0.267 e. The van der Waals surface area contributed by atoms with Crippen molar-refractivity contribution >= 4 is 11.6 Å². The molecule has 0 saturated heterocycles. The van der Waals surface area contributed by atoms with Crippen molar-refractivity contribution in [2.75, 3.05) is 5.32 Å². The van der Waals surface area contributed by atoms with Crippen LogP contribution >= 0.6 is 0 Å². The Kier molecular flexibility index (Phi) is 6.81. The van der Waals surface area contributed by atoms with E-state index >= 15 is 0 Å². The minimum Gasteiger partial charge on any atom is -0.385 e. The predicted molar refractivity (Wildman–Crippen MR) is 104 cm³/mol. The van der Waals surface area contributed by atoms with E-state index in [1.54, 1.807) is 0 Å². The lowest BCUT2D eigenvalue weighted by molar-refractivity contribution is -0.112. The highest BCUT2D eigenvalue weighted by Gasteiger charge is 2.24. The molecule has 25 heavy (non-hydrogen) atoms. The third kappa shape index (κ3) is 7.43. The summed E-state index contributed by atoms with van der Waals surface area (Å²) in [5.41, 5.74) is 1.90. The molecule has 0 aliphatic heterocycles. The number of carbonyl (C=O) groups excluding carboxylic acids is 1. The van der Waals surface area contributed by atoms with Crippen molar-refractivity contribution in [3.8, 4) is 6.07 Å². The Bertz CT molecular complexity index is 656. The van der Waals surface area contributed by atoms with Gasteiger partial charge in [-0.3, -0.25) is 4.79 Å². The lowest BCUT2D eigenvalue weighted by Crippen LogP contribution is -2.39. The minimum atomic E-state index is -0.404. The van der Waals surface area contributed by atoms with Crippen LogP contribution in [0.1, 0.15) is 66.4 Å². The molecule has 0 fully saturated rings. The Morgan fingerprint density at radius 1 is 1.16 bits per heavy atom. The summed E-state index contributed by atoms with van der Waals surface area (Å²) in [5, 5.41) is 15.3. The normalized spacial score (nSPS) is 12.7. The first-order valence-electron chi connectivity index (χ1n) is 8.73. The maximum absolute atomic E-state index is 12.3. The molecule has 0 aliphatic carbocycles. The van der Waals surface area contributed by atoms with E-state index < -0.39 is 5.91 Å². The second kappa shape index (κ2) is 8.20. The molecule has 0 aromatic heterocycles. The van der Waals surface area contributed by atoms with Crippen molar-refractivity contribution in [3.05, 3.63) is 41.6 Å². The van der Waals surface area contributed by atoms with Crippen LogP contribution in [0.25, 0.3) is 0 Å². The van der Waals surface area contributed by atoms with E-state index in [4.69, 9.17) is 0 Å². The molecule has 0 aliphatic rings. The quantitative estimate of drug-likeness (QED) is 0.568. The highest BCUT2D eigenvalue weighted by molar-refractivity contribution is 6.06. The fourth-order valence-electron chi connectivity index (χ4n) is 2.94. The number of nitriles is 1. The van der Waals surface area contributed by atoms with Gasteiger partial charge in [-0.05, 0) is 49.3 Å². The van der Waals surface area contributed by atoms with E-state index in [9.17, 15) is 10.1 Å². The summed E-state index contributed by atoms with van der Waals surface area (Å²) < 4.78 is 0. The average Bonchev–Trinajstić information content (AvgIpc) is 2.45. The molecule has 0 saturated carbocycles. The Labute approximate surface area is 152 Å². The first-order valence-corrected chi connectivity index (χ1v) is 8.73. The van der Waals surface area contributed by atoms with Crippen LogP contribution in [0.15, 0.2) is 36.0 Å². The van der Waals surface area contributed by atoms with E-state index in [0.29, 0.717) is 11.6 Å². The third-order valence-corrected chi connectivity index (χ3v) is 3.78. The standard InChI is InChI=1S/C21H31N3O/c1-15(2)16-8-10-18(11-9-16)24-19(25)17(12-22)13-23-21(6,7)14-20(3,4)5/h8-11,13,15,23H,14H2,1-7H3,(H,24,25)/b17-13-. The van der Waals surface area contributed by atoms with Crippen molar-refractivity contribution in [1.29, 1.82) is 5.26 Å². The van der Waals surface area contributed by atoms with Crippen molar-refractivity contribution < 1.29 is 4.79 Å². The summed E-state index contributed by atoms with van der Waals surface area (Å²) in [4.78, 5) is 12.3. The van der Waals surface area contributed by atoms with Crippen LogP contribution < -0.4 is 10.6 Å². The highest BCUT2D eigenvalue weighted by atomic mass is 16.1. The molecule has 1 amide bonds. The molecule has 0 atom stereocenters. The summed E-state index contributed by atoms with van der Waals surface area (Å²) in [5.74, 6) is 0.0346. The molecule has 0 bridgehead atoms. The van der Waals surface area contributed by atoms with Crippen LogP contribution in [0.3, 0.4) is 0 Å². The Morgan fingerprint density at radius 3 is 2.16 bits per heavy atom. The van der Waals surface area contributed by atoms with Crippen LogP contribution in [-0.4, -0.2) is 11.4 Å². The van der Waals surface area contributed by atoms with Gasteiger partial charge in [0.25, 0.3) is 5.91 Å². The zero-order valence-electron chi connectivity index (χ0n) is 16.5. The molecular formula is C21H31N3O. The molecule has 0 radical (unpaired) electrons. The first kappa shape index (κ1) is 20.8. The van der Waals surface area contributed by atoms with Gasteiger partial charge >= 0.3 is 0 Å². The molecule has 0 heterocycles. The van der Waals surface area contributed by atoms with E-state index in [-0.39, 0.29) is 16.5 Å². The molecule has 4 nitrogen and oxygen atoms in total. The Morgan fingerprint density at radius 2 is 1.72 bits per heavy atom. The third-order valence-electron chi connectivity index (χ3n) is 3.78. The summed E-state index contributed by atoms with van der Waals surface area (Å²) in [6.45, 7) is 14.9. The Hall–Kier alpha value is -2.28. The second-order valence-electron chi connectivity index (χ2n) is 8.67. The van der Waals surface area contributed by atoms with E-state index in [1.807, 2.05) is 30.3 Å². The van der Waals surface area contributed by atoms with Crippen LogP contribution in [0.5, 0.6) is 0 Å². The number of amides is 1. The van der Waals surface area contributed by atoms with Gasteiger partial charge in [0.05, 0.1) is 0 Å². The van der Waals surface area contributed by atoms with Gasteiger partial charge in [-0.15, -0.1) is 0 Å². The molecule has 0 unspecified atom stereocenters. The second-order valence-corrected chi connectivity index (χ2v) is 8.67. The van der Waals surface area contributed by atoms with Crippen LogP contribution in [0, 0.1) is 16.7 Å². The van der Waals surface area contributed by atoms with E-state index in [2.05, 4.69) is 59.1 Å². The van der Waals surface area contributed by atoms with Gasteiger partial charge in [0, 0.05) is 17.4 Å². The molecule has 4 heteroatoms. The van der Waals surface area contributed by atoms with Crippen molar-refractivity contribution in [2.45, 2.75) is 66.3 Å². The largest absolute Gasteiger partial charge is 0.385 e. The van der Waals surface area contributed by atoms with Crippen LogP contribution in [-0.2, 0) is 4.79 Å². The monoisotopic (exact) mass is 341 g/mol. The number of carbonyl (C=O) groups is 1. The first-order chi connectivity index (χ1) is 11.4. The van der Waals surface area contributed by atoms with Crippen molar-refractivity contribution in [2.24, 2.45) is 5.41 Å². The zero-order chi connectivity index (χ0) is 19.3. The summed E-state index contributed by atoms with van der Waals surface area (Å²) in [6, 6.07) is 9.67. The lowest BCUT2D eigenvalue weighted by atomic mass is 9.82. The number of anilines is 1. The molecule has 0 spiro atoms. The van der Waals surface area contributed by atoms with E-state index in [1.165, 1.54) is 11.8 Å². The van der Waals surface area contributed by atoms with Crippen molar-refractivity contribution in [1.82, 2.24) is 5.32 Å². The van der Waals surface area contributed by atoms with Crippen molar-refractivity contribution in [3.63, 3.8) is 0 Å². The van der Waals surface area contributed by atoms with Gasteiger partial charge in [0.1, 0.15) is 11.6 Å². The van der Waals surface area contributed by atoms with Crippen LogP contribution in [0.4, 0.5) is 5.69 Å². The topological polar surface area (TPSA) is 64.9 Å². The lowest BCUT2D eigenvalue weighted by Gasteiger charge is -2.33. The van der Waals surface area contributed by atoms with Gasteiger partial charge in [0.2, 0.25) is 0 Å². The number of nitrogens with zero attached hydrogens (tertiary/aromatic N) is 1. The zero-order valence-corrected chi connectivity index (χ0v) is 16.5. The summed E-state index contributed by atoms with van der Waals surface area (Å²) >= 11 is 0. The van der Waals surface area contributed by atoms with Gasteiger partial charge in [0.15, 0.2) is 0 Å². The van der Waals surface area contributed by atoms with Gasteiger partial charge in [-0.2, -0.15) is 5.26 Å². The number of hydrogen-bond donors (Lipinski definition) is 2. The number of rotatable bonds is 6. The summed E-state index contributed by atoms with van der Waals surface area (Å²) in [6.07, 6.45) is 2.43. The SMILES string of the molecule is CC(C)c1ccc(NC(=O)/C(C#N)=C\NC(C)(C)CC(C)(C)C)cc1. The predicted octanol–water partition coefficient (Wildman–Crippen LogP) is 4.96.